The number of nitrogens with zero attached hydrogens (tertiary/aromatic N) is 4. The number of amides is 2. The molecule has 2 amide bonds. The molecule has 1 saturated heterocycles. The highest BCUT2D eigenvalue weighted by Crippen LogP contribution is 2.42. The number of hydrogen-bond acceptors (Lipinski definition) is 3. The molecule has 0 spiro atoms. The number of aromatic nitrogens is 2. The molecular weight excluding hydrogens is 488 g/mol. The van der Waals surface area contributed by atoms with Gasteiger partial charge in [-0.3, -0.25) is 4.90 Å². The van der Waals surface area contributed by atoms with E-state index in [1.165, 1.54) is 0 Å². The molecule has 38 heavy (non-hydrogen) atoms. The summed E-state index contributed by atoms with van der Waals surface area (Å²) in [4.78, 5) is 22.1. The molecule has 5 nitrogen and oxygen atoms in total. The Kier molecular flexibility index (Phi) is 6.34. The second-order valence-electron chi connectivity index (χ2n) is 9.72. The van der Waals surface area contributed by atoms with Crippen molar-refractivity contribution in [1.82, 2.24) is 14.5 Å². The van der Waals surface area contributed by atoms with Crippen molar-refractivity contribution in [3.63, 3.8) is 0 Å². The van der Waals surface area contributed by atoms with Gasteiger partial charge in [-0.25, -0.2) is 9.78 Å². The third kappa shape index (κ3) is 3.92. The molecule has 0 bridgehead atoms. The minimum Gasteiger partial charge on any atom is -0.317 e. The standard InChI is InChI=1S/C32H30N4OS/c1-24-18-21-38-30(24)35-20-19-34(31(35)37)22-29-25(2)36(23-33-29)32(26-12-6-3-7-13-26,27-14-8-4-9-15-27)28-16-10-5-11-17-28/h3-18,21,23H,19-20,22H2,1-2H3. The minimum absolute atomic E-state index is 0.0462. The minimum atomic E-state index is -0.617. The summed E-state index contributed by atoms with van der Waals surface area (Å²) in [5.41, 5.74) is 5.94. The van der Waals surface area contributed by atoms with E-state index in [1.54, 1.807) is 11.3 Å². The van der Waals surface area contributed by atoms with Gasteiger partial charge in [0.2, 0.25) is 0 Å². The number of hydrogen-bond donors (Lipinski definition) is 0. The molecule has 5 aromatic rings. The van der Waals surface area contributed by atoms with Gasteiger partial charge >= 0.3 is 6.03 Å². The fourth-order valence-electron chi connectivity index (χ4n) is 5.64. The van der Waals surface area contributed by atoms with E-state index < -0.39 is 5.54 Å². The highest BCUT2D eigenvalue weighted by atomic mass is 32.1. The van der Waals surface area contributed by atoms with Crippen molar-refractivity contribution in [2.45, 2.75) is 25.9 Å². The van der Waals surface area contributed by atoms with E-state index >= 15 is 0 Å². The highest BCUT2D eigenvalue weighted by molar-refractivity contribution is 7.14. The van der Waals surface area contributed by atoms with Gasteiger partial charge in [0.15, 0.2) is 0 Å². The summed E-state index contributed by atoms with van der Waals surface area (Å²) in [6.07, 6.45) is 1.94. The molecule has 0 unspecified atom stereocenters. The number of anilines is 1. The van der Waals surface area contributed by atoms with Crippen molar-refractivity contribution < 1.29 is 4.79 Å². The Labute approximate surface area is 227 Å². The summed E-state index contributed by atoms with van der Waals surface area (Å²) in [7, 11) is 0. The molecular formula is C32H30N4OS. The zero-order valence-corrected chi connectivity index (χ0v) is 22.4. The average molecular weight is 519 g/mol. The zero-order valence-electron chi connectivity index (χ0n) is 21.6. The summed E-state index contributed by atoms with van der Waals surface area (Å²) in [6, 6.07) is 33.9. The van der Waals surface area contributed by atoms with Gasteiger partial charge in [-0.1, -0.05) is 91.0 Å². The first-order chi connectivity index (χ1) is 18.6. The SMILES string of the molecule is Cc1ccsc1N1CCN(Cc2ncn(C(c3ccccc3)(c3ccccc3)c3ccccc3)c2C)C1=O. The average Bonchev–Trinajstić information content (AvgIpc) is 3.66. The van der Waals surface area contributed by atoms with E-state index in [-0.39, 0.29) is 6.03 Å². The molecule has 190 valence electrons. The Morgan fingerprint density at radius 2 is 1.34 bits per heavy atom. The van der Waals surface area contributed by atoms with Crippen molar-refractivity contribution >= 4 is 22.4 Å². The fraction of sp³-hybridized carbons (Fsp3) is 0.188. The monoisotopic (exact) mass is 518 g/mol. The smallest absolute Gasteiger partial charge is 0.317 e. The molecule has 0 radical (unpaired) electrons. The van der Waals surface area contributed by atoms with Gasteiger partial charge in [0.25, 0.3) is 0 Å². The van der Waals surface area contributed by atoms with Crippen molar-refractivity contribution in [1.29, 1.82) is 0 Å². The maximum atomic E-state index is 13.4. The van der Waals surface area contributed by atoms with Crippen LogP contribution in [0.3, 0.4) is 0 Å². The summed E-state index contributed by atoms with van der Waals surface area (Å²) in [5, 5.41) is 3.08. The molecule has 6 rings (SSSR count). The Bertz CT molecular complexity index is 1450. The van der Waals surface area contributed by atoms with E-state index in [9.17, 15) is 4.79 Å². The molecule has 0 aliphatic carbocycles. The Morgan fingerprint density at radius 3 is 1.84 bits per heavy atom. The van der Waals surface area contributed by atoms with Crippen LogP contribution < -0.4 is 4.90 Å². The molecule has 3 heterocycles. The Hall–Kier alpha value is -4.16. The van der Waals surface area contributed by atoms with Gasteiger partial charge in [0, 0.05) is 18.8 Å². The number of thiophene rings is 1. The summed E-state index contributed by atoms with van der Waals surface area (Å²) in [5.74, 6) is 0. The topological polar surface area (TPSA) is 41.4 Å². The van der Waals surface area contributed by atoms with E-state index in [2.05, 4.69) is 115 Å². The van der Waals surface area contributed by atoms with Gasteiger partial charge in [-0.2, -0.15) is 0 Å². The predicted octanol–water partition coefficient (Wildman–Crippen LogP) is 6.84. The van der Waals surface area contributed by atoms with Crippen LogP contribution >= 0.6 is 11.3 Å². The van der Waals surface area contributed by atoms with Gasteiger partial charge < -0.3 is 9.47 Å². The molecule has 1 aliphatic heterocycles. The van der Waals surface area contributed by atoms with Crippen LogP contribution in [0.5, 0.6) is 0 Å². The van der Waals surface area contributed by atoms with Crippen LogP contribution in [0.25, 0.3) is 0 Å². The maximum Gasteiger partial charge on any atom is 0.325 e. The van der Waals surface area contributed by atoms with Crippen LogP contribution in [0.2, 0.25) is 0 Å². The number of rotatable bonds is 7. The number of aryl methyl sites for hydroxylation is 1. The molecule has 0 saturated carbocycles. The first kappa shape index (κ1) is 24.2. The van der Waals surface area contributed by atoms with Crippen LogP contribution in [0, 0.1) is 13.8 Å². The van der Waals surface area contributed by atoms with Crippen molar-refractivity contribution in [2.24, 2.45) is 0 Å². The quantitative estimate of drug-likeness (QED) is 0.221. The van der Waals surface area contributed by atoms with Crippen molar-refractivity contribution in [2.75, 3.05) is 18.0 Å². The van der Waals surface area contributed by atoms with Gasteiger partial charge in [-0.05, 0) is 47.5 Å². The number of imidazole rings is 1. The van der Waals surface area contributed by atoms with E-state index in [0.717, 1.165) is 38.6 Å². The molecule has 6 heteroatoms. The Morgan fingerprint density at radius 1 is 0.789 bits per heavy atom. The van der Waals surface area contributed by atoms with Crippen molar-refractivity contribution in [3.8, 4) is 0 Å². The lowest BCUT2D eigenvalue weighted by Crippen LogP contribution is -2.38. The lowest BCUT2D eigenvalue weighted by molar-refractivity contribution is 0.218. The van der Waals surface area contributed by atoms with Crippen LogP contribution in [0.1, 0.15) is 33.6 Å². The number of carbonyl (C=O) groups excluding carboxylic acids is 1. The van der Waals surface area contributed by atoms with Gasteiger partial charge in [-0.15, -0.1) is 11.3 Å². The molecule has 3 aromatic carbocycles. The first-order valence-electron chi connectivity index (χ1n) is 12.9. The largest absolute Gasteiger partial charge is 0.325 e. The summed E-state index contributed by atoms with van der Waals surface area (Å²) >= 11 is 1.62. The van der Waals surface area contributed by atoms with E-state index in [0.29, 0.717) is 19.6 Å². The van der Waals surface area contributed by atoms with Gasteiger partial charge in [0.1, 0.15) is 10.5 Å². The maximum absolute atomic E-state index is 13.4. The molecule has 1 aliphatic rings. The van der Waals surface area contributed by atoms with Gasteiger partial charge in [0.05, 0.1) is 18.6 Å². The number of benzene rings is 3. The number of urea groups is 1. The highest BCUT2D eigenvalue weighted by Gasteiger charge is 2.40. The zero-order chi connectivity index (χ0) is 26.1. The molecule has 0 atom stereocenters. The summed E-state index contributed by atoms with van der Waals surface area (Å²) < 4.78 is 2.28. The Balaban J connectivity index is 1.45. The molecule has 1 fully saturated rings. The van der Waals surface area contributed by atoms with Crippen LogP contribution in [0.4, 0.5) is 9.80 Å². The van der Waals surface area contributed by atoms with E-state index in [4.69, 9.17) is 4.98 Å². The van der Waals surface area contributed by atoms with Crippen LogP contribution in [0.15, 0.2) is 109 Å². The lowest BCUT2D eigenvalue weighted by Gasteiger charge is -2.38. The third-order valence-electron chi connectivity index (χ3n) is 7.56. The van der Waals surface area contributed by atoms with E-state index in [1.807, 2.05) is 21.5 Å². The predicted molar refractivity (Wildman–Crippen MR) is 154 cm³/mol. The second kappa shape index (κ2) is 9.95. The molecule has 0 N–H and O–H groups in total. The lowest BCUT2D eigenvalue weighted by atomic mass is 9.76. The normalized spacial score (nSPS) is 13.9. The fourth-order valence-corrected chi connectivity index (χ4v) is 6.59. The van der Waals surface area contributed by atoms with Crippen LogP contribution in [-0.2, 0) is 12.1 Å². The second-order valence-corrected chi connectivity index (χ2v) is 10.6. The van der Waals surface area contributed by atoms with Crippen molar-refractivity contribution in [3.05, 3.63) is 142 Å². The summed E-state index contributed by atoms with van der Waals surface area (Å²) in [6.45, 7) is 6.04. The van der Waals surface area contributed by atoms with Crippen LogP contribution in [-0.4, -0.2) is 33.6 Å². The third-order valence-corrected chi connectivity index (χ3v) is 8.60. The first-order valence-corrected chi connectivity index (χ1v) is 13.8. The number of carbonyl (C=O) groups is 1. The molecule has 2 aromatic heterocycles.